The van der Waals surface area contributed by atoms with Crippen LogP contribution in [-0.2, 0) is 4.74 Å². The number of nitrogens with zero attached hydrogens (tertiary/aromatic N) is 4. The maximum Gasteiger partial charge on any atom is 0.226 e. The molecule has 26 heavy (non-hydrogen) atoms. The van der Waals surface area contributed by atoms with E-state index in [1.807, 2.05) is 0 Å². The molecule has 1 saturated heterocycles. The highest BCUT2D eigenvalue weighted by Crippen LogP contribution is 2.25. The van der Waals surface area contributed by atoms with Gasteiger partial charge >= 0.3 is 0 Å². The molecule has 0 radical (unpaired) electrons. The first kappa shape index (κ1) is 16.7. The Bertz CT molecular complexity index is 923. The Morgan fingerprint density at radius 3 is 2.85 bits per heavy atom. The molecule has 2 aromatic heterocycles. The van der Waals surface area contributed by atoms with E-state index in [2.05, 4.69) is 62.6 Å². The van der Waals surface area contributed by atoms with Crippen LogP contribution >= 0.6 is 0 Å². The van der Waals surface area contributed by atoms with Crippen LogP contribution in [0, 0.1) is 13.8 Å². The second kappa shape index (κ2) is 7.21. The van der Waals surface area contributed by atoms with Gasteiger partial charge in [0.15, 0.2) is 17.0 Å². The molecule has 2 N–H and O–H groups in total. The molecule has 0 amide bonds. The number of rotatable bonds is 5. The van der Waals surface area contributed by atoms with Crippen molar-refractivity contribution in [3.05, 3.63) is 41.7 Å². The minimum atomic E-state index is 0.215. The van der Waals surface area contributed by atoms with E-state index in [4.69, 9.17) is 4.74 Å². The molecule has 7 heteroatoms. The normalized spacial score (nSPS) is 16.8. The molecule has 0 saturated carbocycles. The summed E-state index contributed by atoms with van der Waals surface area (Å²) in [4.78, 5) is 17.8. The van der Waals surface area contributed by atoms with Gasteiger partial charge in [0.1, 0.15) is 0 Å². The van der Waals surface area contributed by atoms with E-state index in [1.165, 1.54) is 5.56 Å². The Labute approximate surface area is 152 Å². The summed E-state index contributed by atoms with van der Waals surface area (Å²) in [6.07, 6.45) is 5.68. The van der Waals surface area contributed by atoms with Crippen molar-refractivity contribution in [2.24, 2.45) is 0 Å². The fourth-order valence-electron chi connectivity index (χ4n) is 3.12. The van der Waals surface area contributed by atoms with Crippen LogP contribution in [0.15, 0.2) is 30.6 Å². The third-order valence-electron chi connectivity index (χ3n) is 4.48. The first-order valence-corrected chi connectivity index (χ1v) is 8.87. The predicted octanol–water partition coefficient (Wildman–Crippen LogP) is 3.37. The molecule has 1 aromatic carbocycles. The topological polar surface area (TPSA) is 84.9 Å². The van der Waals surface area contributed by atoms with Gasteiger partial charge in [0, 0.05) is 31.2 Å². The molecule has 0 unspecified atom stereocenters. The second-order valence-electron chi connectivity index (χ2n) is 6.58. The molecule has 4 rings (SSSR count). The number of aromatic nitrogens is 4. The zero-order chi connectivity index (χ0) is 17.9. The fourth-order valence-corrected chi connectivity index (χ4v) is 3.12. The van der Waals surface area contributed by atoms with Gasteiger partial charge in [-0.25, -0.2) is 9.97 Å². The average Bonchev–Trinajstić information content (AvgIpc) is 3.16. The van der Waals surface area contributed by atoms with Crippen molar-refractivity contribution in [3.63, 3.8) is 0 Å². The smallest absolute Gasteiger partial charge is 0.226 e. The van der Waals surface area contributed by atoms with Gasteiger partial charge in [-0.2, -0.15) is 9.97 Å². The maximum absolute atomic E-state index is 5.65. The Hall–Kier alpha value is -2.80. The van der Waals surface area contributed by atoms with Crippen molar-refractivity contribution in [3.8, 4) is 0 Å². The molecule has 134 valence electrons. The Kier molecular flexibility index (Phi) is 4.62. The molecule has 1 aliphatic heterocycles. The van der Waals surface area contributed by atoms with Crippen LogP contribution in [0.1, 0.15) is 24.0 Å². The van der Waals surface area contributed by atoms with Gasteiger partial charge in [-0.3, -0.25) is 0 Å². The summed E-state index contributed by atoms with van der Waals surface area (Å²) in [5, 5.41) is 6.66. The highest BCUT2D eigenvalue weighted by Gasteiger charge is 2.17. The largest absolute Gasteiger partial charge is 0.376 e. The van der Waals surface area contributed by atoms with Gasteiger partial charge in [0.05, 0.1) is 6.10 Å². The molecule has 1 fully saturated rings. The average molecular weight is 350 g/mol. The van der Waals surface area contributed by atoms with E-state index in [1.54, 1.807) is 12.4 Å². The van der Waals surface area contributed by atoms with Gasteiger partial charge in [0.2, 0.25) is 5.95 Å². The summed E-state index contributed by atoms with van der Waals surface area (Å²) in [6, 6.07) is 6.25. The molecular weight excluding hydrogens is 328 g/mol. The minimum Gasteiger partial charge on any atom is -0.376 e. The van der Waals surface area contributed by atoms with Crippen molar-refractivity contribution in [1.82, 2.24) is 19.9 Å². The molecule has 7 nitrogen and oxygen atoms in total. The van der Waals surface area contributed by atoms with E-state index < -0.39 is 0 Å². The highest BCUT2D eigenvalue weighted by atomic mass is 16.5. The van der Waals surface area contributed by atoms with Crippen LogP contribution in [0.25, 0.3) is 11.2 Å². The van der Waals surface area contributed by atoms with E-state index in [-0.39, 0.29) is 6.10 Å². The summed E-state index contributed by atoms with van der Waals surface area (Å²) >= 11 is 0. The summed E-state index contributed by atoms with van der Waals surface area (Å²) in [5.74, 6) is 1.17. The fraction of sp³-hybridized carbons (Fsp3) is 0.368. The zero-order valence-electron chi connectivity index (χ0n) is 15.0. The summed E-state index contributed by atoms with van der Waals surface area (Å²) in [5.41, 5.74) is 4.57. The number of aryl methyl sites for hydroxylation is 2. The number of ether oxygens (including phenoxy) is 1. The van der Waals surface area contributed by atoms with Gasteiger partial charge < -0.3 is 15.4 Å². The van der Waals surface area contributed by atoms with E-state index in [0.29, 0.717) is 29.5 Å². The van der Waals surface area contributed by atoms with Crippen molar-refractivity contribution in [2.45, 2.75) is 32.8 Å². The lowest BCUT2D eigenvalue weighted by molar-refractivity contribution is 0.120. The first-order valence-electron chi connectivity index (χ1n) is 8.87. The minimum absolute atomic E-state index is 0.215. The predicted molar refractivity (Wildman–Crippen MR) is 102 cm³/mol. The third-order valence-corrected chi connectivity index (χ3v) is 4.48. The number of nitrogens with one attached hydrogen (secondary N) is 2. The van der Waals surface area contributed by atoms with Crippen LogP contribution in [0.2, 0.25) is 0 Å². The van der Waals surface area contributed by atoms with Crippen molar-refractivity contribution in [2.75, 3.05) is 23.8 Å². The number of benzene rings is 1. The number of anilines is 3. The van der Waals surface area contributed by atoms with Gasteiger partial charge in [0.25, 0.3) is 0 Å². The number of fused-ring (bicyclic) bond motifs is 1. The van der Waals surface area contributed by atoms with Crippen molar-refractivity contribution < 1.29 is 4.74 Å². The molecule has 0 bridgehead atoms. The number of hydrogen-bond acceptors (Lipinski definition) is 7. The number of hydrogen-bond donors (Lipinski definition) is 2. The second-order valence-corrected chi connectivity index (χ2v) is 6.58. The Morgan fingerprint density at radius 2 is 2.04 bits per heavy atom. The van der Waals surface area contributed by atoms with Crippen LogP contribution < -0.4 is 10.6 Å². The van der Waals surface area contributed by atoms with Gasteiger partial charge in [-0.1, -0.05) is 17.7 Å². The van der Waals surface area contributed by atoms with Gasteiger partial charge in [-0.05, 0) is 38.3 Å². The summed E-state index contributed by atoms with van der Waals surface area (Å²) < 4.78 is 5.65. The standard InChI is InChI=1S/C19H22N6O/c1-12-5-6-15(13(2)10-12)23-18-16-17(21-8-7-20-16)24-19(25-18)22-11-14-4-3-9-26-14/h5-8,10,14H,3-4,9,11H2,1-2H3,(H2,21,22,23,24,25)/t14-/m1/s1. The molecule has 3 aromatic rings. The highest BCUT2D eigenvalue weighted by molar-refractivity contribution is 5.86. The molecular formula is C19H22N6O. The van der Waals surface area contributed by atoms with Crippen LogP contribution in [0.5, 0.6) is 0 Å². The lowest BCUT2D eigenvalue weighted by Crippen LogP contribution is -2.20. The van der Waals surface area contributed by atoms with Crippen LogP contribution in [0.3, 0.4) is 0 Å². The first-order chi connectivity index (χ1) is 12.7. The summed E-state index contributed by atoms with van der Waals surface area (Å²) in [6.45, 7) is 5.67. The molecule has 0 aliphatic carbocycles. The van der Waals surface area contributed by atoms with Crippen molar-refractivity contribution >= 4 is 28.6 Å². The quantitative estimate of drug-likeness (QED) is 0.729. The van der Waals surface area contributed by atoms with Crippen LogP contribution in [-0.4, -0.2) is 39.2 Å². The summed E-state index contributed by atoms with van der Waals surface area (Å²) in [7, 11) is 0. The molecule has 0 spiro atoms. The lowest BCUT2D eigenvalue weighted by Gasteiger charge is -2.14. The van der Waals surface area contributed by atoms with Crippen LogP contribution in [0.4, 0.5) is 17.5 Å². The molecule has 1 aliphatic rings. The maximum atomic E-state index is 5.65. The zero-order valence-corrected chi connectivity index (χ0v) is 15.0. The molecule has 1 atom stereocenters. The Balaban J connectivity index is 1.65. The SMILES string of the molecule is Cc1ccc(Nc2nc(NC[C@H]3CCCO3)nc3nccnc23)c(C)c1. The van der Waals surface area contributed by atoms with E-state index in [0.717, 1.165) is 30.7 Å². The van der Waals surface area contributed by atoms with E-state index in [9.17, 15) is 0 Å². The molecule has 3 heterocycles. The Morgan fingerprint density at radius 1 is 1.15 bits per heavy atom. The third kappa shape index (κ3) is 3.57. The lowest BCUT2D eigenvalue weighted by atomic mass is 10.1. The van der Waals surface area contributed by atoms with Crippen molar-refractivity contribution in [1.29, 1.82) is 0 Å². The van der Waals surface area contributed by atoms with E-state index >= 15 is 0 Å². The monoisotopic (exact) mass is 350 g/mol. The van der Waals surface area contributed by atoms with Gasteiger partial charge in [-0.15, -0.1) is 0 Å².